The van der Waals surface area contributed by atoms with Crippen LogP contribution in [0.4, 0.5) is 5.69 Å². The summed E-state index contributed by atoms with van der Waals surface area (Å²) in [7, 11) is 3.25. The zero-order chi connectivity index (χ0) is 22.8. The van der Waals surface area contributed by atoms with Gasteiger partial charge in [-0.25, -0.2) is 4.99 Å². The van der Waals surface area contributed by atoms with Gasteiger partial charge in [-0.15, -0.1) is 0 Å². The summed E-state index contributed by atoms with van der Waals surface area (Å²) >= 11 is 0. The van der Waals surface area contributed by atoms with E-state index in [9.17, 15) is 0 Å². The summed E-state index contributed by atoms with van der Waals surface area (Å²) in [6.07, 6.45) is 3.60. The number of aliphatic imine (C=N–C) groups is 1. The van der Waals surface area contributed by atoms with E-state index in [2.05, 4.69) is 20.5 Å². The van der Waals surface area contributed by atoms with Crippen LogP contribution in [0.5, 0.6) is 11.5 Å². The first-order valence-corrected chi connectivity index (χ1v) is 10.9. The van der Waals surface area contributed by atoms with Crippen molar-refractivity contribution in [2.75, 3.05) is 39.2 Å². The van der Waals surface area contributed by atoms with Crippen LogP contribution in [0.2, 0.25) is 0 Å². The highest BCUT2D eigenvalue weighted by atomic mass is 16.5. The summed E-state index contributed by atoms with van der Waals surface area (Å²) in [5.41, 5.74) is 8.81. The molecule has 0 saturated carbocycles. The number of benzene rings is 1. The van der Waals surface area contributed by atoms with E-state index in [1.165, 1.54) is 0 Å². The van der Waals surface area contributed by atoms with Crippen LogP contribution in [0.25, 0.3) is 0 Å². The average molecular weight is 446 g/mol. The molecule has 1 aromatic carbocycles. The van der Waals surface area contributed by atoms with Gasteiger partial charge in [0.15, 0.2) is 23.1 Å². The van der Waals surface area contributed by atoms with E-state index in [4.69, 9.17) is 25.2 Å². The monoisotopic (exact) mass is 445 g/mol. The number of rotatable bonds is 5. The van der Waals surface area contributed by atoms with Gasteiger partial charge in [-0.3, -0.25) is 14.9 Å². The van der Waals surface area contributed by atoms with Crippen LogP contribution in [-0.4, -0.2) is 54.7 Å². The number of hydrogen-bond donors (Lipinski definition) is 3. The number of guanidine groups is 1. The summed E-state index contributed by atoms with van der Waals surface area (Å²) in [5, 5.41) is 6.69. The molecule has 1 saturated heterocycles. The normalized spacial score (nSPS) is 22.6. The van der Waals surface area contributed by atoms with Gasteiger partial charge in [0.25, 0.3) is 0 Å². The Bertz CT molecular complexity index is 1170. The molecule has 2 atom stereocenters. The molecular formula is C24H27N7O2. The van der Waals surface area contributed by atoms with E-state index >= 15 is 0 Å². The third kappa shape index (κ3) is 3.55. The molecule has 9 heteroatoms. The second kappa shape index (κ2) is 8.68. The lowest BCUT2D eigenvalue weighted by atomic mass is 9.88. The fraction of sp³-hybridized carbons (Fsp3) is 0.292. The highest BCUT2D eigenvalue weighted by molar-refractivity contribution is 5.95. The van der Waals surface area contributed by atoms with Crippen molar-refractivity contribution < 1.29 is 9.47 Å². The Hall–Kier alpha value is -3.69. The molecule has 9 nitrogen and oxygen atoms in total. The number of methoxy groups -OCH3 is 2. The zero-order valence-electron chi connectivity index (χ0n) is 18.7. The molecule has 170 valence electrons. The Labute approximate surface area is 192 Å². The van der Waals surface area contributed by atoms with E-state index in [1.807, 2.05) is 54.7 Å². The van der Waals surface area contributed by atoms with Gasteiger partial charge in [0.05, 0.1) is 31.6 Å². The van der Waals surface area contributed by atoms with Crippen LogP contribution >= 0.6 is 0 Å². The maximum atomic E-state index is 6.38. The maximum Gasteiger partial charge on any atom is 0.195 e. The topological polar surface area (TPSA) is 110 Å². The largest absolute Gasteiger partial charge is 0.493 e. The Morgan fingerprint density at radius 3 is 2.67 bits per heavy atom. The lowest BCUT2D eigenvalue weighted by molar-refractivity contribution is 0.0487. The number of nitrogens with two attached hydrogens (primary N) is 1. The molecule has 3 aromatic rings. The van der Waals surface area contributed by atoms with Crippen molar-refractivity contribution in [3.63, 3.8) is 0 Å². The number of hydrogen-bond acceptors (Lipinski definition) is 9. The van der Waals surface area contributed by atoms with E-state index in [-0.39, 0.29) is 6.04 Å². The Morgan fingerprint density at radius 2 is 1.88 bits per heavy atom. The Balaban J connectivity index is 1.78. The standard InChI is InChI=1S/C24H27N7O2/c1-32-20-9-8-16(14-21(20)33-2)24(22-18(7-5-11-28-22)29-23(25)30-24)31-13-12-26-15-19(31)17-6-3-4-10-27-17/h3-11,14,19,26H,12-13,15H2,1-2H3,(H3,25,29,30). The summed E-state index contributed by atoms with van der Waals surface area (Å²) in [4.78, 5) is 16.8. The van der Waals surface area contributed by atoms with Crippen LogP contribution in [-0.2, 0) is 5.66 Å². The van der Waals surface area contributed by atoms with Gasteiger partial charge in [0.2, 0.25) is 0 Å². The predicted molar refractivity (Wildman–Crippen MR) is 126 cm³/mol. The summed E-state index contributed by atoms with van der Waals surface area (Å²) in [6, 6.07) is 15.6. The molecular weight excluding hydrogens is 418 g/mol. The van der Waals surface area contributed by atoms with Crippen molar-refractivity contribution in [2.45, 2.75) is 11.7 Å². The quantitative estimate of drug-likeness (QED) is 0.548. The predicted octanol–water partition coefficient (Wildman–Crippen LogP) is 2.08. The summed E-state index contributed by atoms with van der Waals surface area (Å²) in [6.45, 7) is 2.23. The SMILES string of the molecule is COc1ccc(C2(N3CCNCC3c3ccccn3)N=C(N)Nc3cccnc32)cc1OC. The maximum absolute atomic E-state index is 6.38. The van der Waals surface area contributed by atoms with Crippen molar-refractivity contribution in [3.8, 4) is 11.5 Å². The van der Waals surface area contributed by atoms with Crippen LogP contribution in [0.15, 0.2) is 65.9 Å². The lowest BCUT2D eigenvalue weighted by Gasteiger charge is -2.49. The van der Waals surface area contributed by atoms with Gasteiger partial charge in [-0.2, -0.15) is 0 Å². The minimum absolute atomic E-state index is 0.0578. The van der Waals surface area contributed by atoms with Gasteiger partial charge in [-0.05, 0) is 36.4 Å². The first-order chi connectivity index (χ1) is 16.2. The number of ether oxygens (including phenoxy) is 2. The van der Waals surface area contributed by atoms with Crippen molar-refractivity contribution in [2.24, 2.45) is 10.7 Å². The molecule has 33 heavy (non-hydrogen) atoms. The van der Waals surface area contributed by atoms with Gasteiger partial charge < -0.3 is 25.8 Å². The van der Waals surface area contributed by atoms with Gasteiger partial charge in [0.1, 0.15) is 5.69 Å². The number of fused-ring (bicyclic) bond motifs is 1. The molecule has 0 radical (unpaired) electrons. The molecule has 4 N–H and O–H groups in total. The third-order valence-corrected chi connectivity index (χ3v) is 6.16. The van der Waals surface area contributed by atoms with Crippen molar-refractivity contribution in [1.82, 2.24) is 20.2 Å². The van der Waals surface area contributed by atoms with Crippen LogP contribution < -0.4 is 25.8 Å². The second-order valence-corrected chi connectivity index (χ2v) is 7.93. The molecule has 0 spiro atoms. The van der Waals surface area contributed by atoms with Crippen molar-refractivity contribution in [3.05, 3.63) is 77.9 Å². The lowest BCUT2D eigenvalue weighted by Crippen LogP contribution is -2.58. The number of aromatic nitrogens is 2. The zero-order valence-corrected chi connectivity index (χ0v) is 18.7. The van der Waals surface area contributed by atoms with Crippen molar-refractivity contribution in [1.29, 1.82) is 0 Å². The first-order valence-electron chi connectivity index (χ1n) is 10.9. The van der Waals surface area contributed by atoms with Crippen LogP contribution in [0.3, 0.4) is 0 Å². The molecule has 5 rings (SSSR count). The molecule has 2 unspecified atom stereocenters. The highest BCUT2D eigenvalue weighted by Gasteiger charge is 2.50. The van der Waals surface area contributed by atoms with E-state index in [0.717, 1.165) is 35.7 Å². The highest BCUT2D eigenvalue weighted by Crippen LogP contribution is 2.47. The van der Waals surface area contributed by atoms with Gasteiger partial charge in [-0.1, -0.05) is 12.1 Å². The van der Waals surface area contributed by atoms with Crippen molar-refractivity contribution >= 4 is 11.6 Å². The third-order valence-electron chi connectivity index (χ3n) is 6.16. The molecule has 0 aliphatic carbocycles. The fourth-order valence-electron chi connectivity index (χ4n) is 4.73. The number of anilines is 1. The minimum Gasteiger partial charge on any atom is -0.493 e. The number of piperazine rings is 1. The number of nitrogens with zero attached hydrogens (tertiary/aromatic N) is 4. The number of pyridine rings is 2. The fourth-order valence-corrected chi connectivity index (χ4v) is 4.73. The summed E-state index contributed by atoms with van der Waals surface area (Å²) < 4.78 is 11.1. The second-order valence-electron chi connectivity index (χ2n) is 7.93. The summed E-state index contributed by atoms with van der Waals surface area (Å²) in [5.74, 6) is 1.58. The molecule has 0 amide bonds. The molecule has 2 aliphatic heterocycles. The minimum atomic E-state index is -0.990. The molecule has 2 aliphatic rings. The average Bonchev–Trinajstić information content (AvgIpc) is 2.88. The Kier molecular flexibility index (Phi) is 5.57. The smallest absolute Gasteiger partial charge is 0.195 e. The molecule has 0 bridgehead atoms. The van der Waals surface area contributed by atoms with Crippen LogP contribution in [0, 0.1) is 0 Å². The van der Waals surface area contributed by atoms with Crippen LogP contribution in [0.1, 0.15) is 23.0 Å². The van der Waals surface area contributed by atoms with E-state index < -0.39 is 5.66 Å². The molecule has 1 fully saturated rings. The van der Waals surface area contributed by atoms with E-state index in [0.29, 0.717) is 24.0 Å². The Morgan fingerprint density at radius 1 is 1.03 bits per heavy atom. The van der Waals surface area contributed by atoms with Gasteiger partial charge >= 0.3 is 0 Å². The molecule has 2 aromatic heterocycles. The number of nitrogens with one attached hydrogen (secondary N) is 2. The first kappa shape index (κ1) is 21.2. The van der Waals surface area contributed by atoms with Gasteiger partial charge in [0, 0.05) is 37.6 Å². The van der Waals surface area contributed by atoms with E-state index in [1.54, 1.807) is 20.4 Å². The molecule has 4 heterocycles.